The Morgan fingerprint density at radius 1 is 1.03 bits per heavy atom. The second-order valence-electron chi connectivity index (χ2n) is 7.97. The van der Waals surface area contributed by atoms with Crippen LogP contribution in [-0.2, 0) is 14.4 Å². The van der Waals surface area contributed by atoms with E-state index in [-0.39, 0.29) is 17.4 Å². The number of carbonyl (C=O) groups excluding carboxylic acids is 3. The number of imide groups is 1. The van der Waals surface area contributed by atoms with E-state index in [0.29, 0.717) is 46.4 Å². The van der Waals surface area contributed by atoms with Crippen LogP contribution in [0.15, 0.2) is 56.3 Å². The maximum Gasteiger partial charge on any atom is 0.341 e. The first-order valence-corrected chi connectivity index (χ1v) is 13.3. The van der Waals surface area contributed by atoms with Gasteiger partial charge in [0.2, 0.25) is 5.91 Å². The molecular formula is C24H21Br2N3O6S. The topological polar surface area (TPSA) is 107 Å². The fraction of sp³-hybridized carbons (Fsp3) is 0.250. The monoisotopic (exact) mass is 637 g/mol. The molecule has 0 radical (unpaired) electrons. The van der Waals surface area contributed by atoms with Crippen LogP contribution in [0.25, 0.3) is 6.08 Å². The Kier molecular flexibility index (Phi) is 8.37. The SMILES string of the molecule is O=C(O)COc1c(Br)cc(/C=C2\SC(=O)N(CC(=O)N3CCN(c4ccccc4)CC3)C2=O)cc1Br. The third-order valence-corrected chi connectivity index (χ3v) is 7.66. The second kappa shape index (κ2) is 11.5. The standard InChI is InChI=1S/C24H21Br2N3O6S/c25-17-10-15(11-18(26)22(17)35-14-21(31)32)12-19-23(33)29(24(34)36-19)13-20(30)28-8-6-27(7-9-28)16-4-2-1-3-5-16/h1-5,10-12H,6-9,13-14H2,(H,31,32)/b19-12-. The van der Waals surface area contributed by atoms with Crippen LogP contribution in [0.4, 0.5) is 10.5 Å². The Labute approximate surface area is 228 Å². The minimum Gasteiger partial charge on any atom is -0.480 e. The minimum absolute atomic E-state index is 0.194. The summed E-state index contributed by atoms with van der Waals surface area (Å²) >= 11 is 7.44. The fourth-order valence-electron chi connectivity index (χ4n) is 3.81. The van der Waals surface area contributed by atoms with Gasteiger partial charge in [0.05, 0.1) is 13.9 Å². The van der Waals surface area contributed by atoms with E-state index in [1.54, 1.807) is 23.1 Å². The number of thioether (sulfide) groups is 1. The lowest BCUT2D eigenvalue weighted by Gasteiger charge is -2.36. The molecule has 2 aliphatic rings. The number of halogens is 2. The molecule has 0 atom stereocenters. The molecule has 9 nitrogen and oxygen atoms in total. The van der Waals surface area contributed by atoms with E-state index in [0.717, 1.165) is 22.3 Å². The van der Waals surface area contributed by atoms with E-state index in [1.807, 2.05) is 30.3 Å². The van der Waals surface area contributed by atoms with Crippen LogP contribution < -0.4 is 9.64 Å². The zero-order chi connectivity index (χ0) is 25.8. The molecular weight excluding hydrogens is 618 g/mol. The number of carboxylic acids is 1. The molecule has 2 heterocycles. The summed E-state index contributed by atoms with van der Waals surface area (Å²) in [4.78, 5) is 54.1. The zero-order valence-electron chi connectivity index (χ0n) is 18.9. The molecule has 36 heavy (non-hydrogen) atoms. The summed E-state index contributed by atoms with van der Waals surface area (Å²) in [7, 11) is 0. The van der Waals surface area contributed by atoms with Gasteiger partial charge in [0.1, 0.15) is 12.3 Å². The molecule has 0 bridgehead atoms. The average Bonchev–Trinajstić information content (AvgIpc) is 3.11. The van der Waals surface area contributed by atoms with Gasteiger partial charge in [-0.05, 0) is 79.5 Å². The quantitative estimate of drug-likeness (QED) is 0.453. The van der Waals surface area contributed by atoms with Gasteiger partial charge in [-0.3, -0.25) is 19.3 Å². The number of rotatable bonds is 7. The molecule has 2 aromatic carbocycles. The van der Waals surface area contributed by atoms with Crippen molar-refractivity contribution >= 4 is 78.4 Å². The number of piperazine rings is 1. The van der Waals surface area contributed by atoms with Crippen molar-refractivity contribution in [1.29, 1.82) is 0 Å². The Morgan fingerprint density at radius 2 is 1.67 bits per heavy atom. The normalized spacial score (nSPS) is 17.2. The first kappa shape index (κ1) is 26.2. The maximum absolute atomic E-state index is 12.9. The van der Waals surface area contributed by atoms with E-state index in [1.165, 1.54) is 0 Å². The van der Waals surface area contributed by atoms with Crippen molar-refractivity contribution in [3.05, 3.63) is 61.9 Å². The number of hydrogen-bond donors (Lipinski definition) is 1. The van der Waals surface area contributed by atoms with E-state index >= 15 is 0 Å². The van der Waals surface area contributed by atoms with Crippen LogP contribution in [0.1, 0.15) is 5.56 Å². The highest BCUT2D eigenvalue weighted by molar-refractivity contribution is 9.11. The Balaban J connectivity index is 1.38. The number of carboxylic acid groups (broad SMARTS) is 1. The molecule has 0 saturated carbocycles. The van der Waals surface area contributed by atoms with Crippen LogP contribution in [0, 0.1) is 0 Å². The van der Waals surface area contributed by atoms with E-state index in [4.69, 9.17) is 9.84 Å². The molecule has 0 aromatic heterocycles. The molecule has 3 amide bonds. The van der Waals surface area contributed by atoms with Crippen LogP contribution in [0.3, 0.4) is 0 Å². The van der Waals surface area contributed by atoms with E-state index in [2.05, 4.69) is 36.8 Å². The smallest absolute Gasteiger partial charge is 0.341 e. The predicted molar refractivity (Wildman–Crippen MR) is 143 cm³/mol. The van der Waals surface area contributed by atoms with Crippen molar-refractivity contribution in [3.8, 4) is 5.75 Å². The molecule has 2 aliphatic heterocycles. The molecule has 1 N–H and O–H groups in total. The number of carbonyl (C=O) groups is 4. The van der Waals surface area contributed by atoms with Crippen molar-refractivity contribution < 1.29 is 29.0 Å². The minimum atomic E-state index is -1.11. The summed E-state index contributed by atoms with van der Waals surface area (Å²) in [6.07, 6.45) is 1.55. The molecule has 0 unspecified atom stereocenters. The largest absolute Gasteiger partial charge is 0.480 e. The maximum atomic E-state index is 12.9. The van der Waals surface area contributed by atoms with E-state index < -0.39 is 23.7 Å². The summed E-state index contributed by atoms with van der Waals surface area (Å²) in [5.74, 6) is -1.60. The van der Waals surface area contributed by atoms with Crippen molar-refractivity contribution in [3.63, 3.8) is 0 Å². The van der Waals surface area contributed by atoms with Gasteiger partial charge in [-0.2, -0.15) is 0 Å². The summed E-state index contributed by atoms with van der Waals surface area (Å²) in [6, 6.07) is 13.2. The molecule has 188 valence electrons. The van der Waals surface area contributed by atoms with Crippen molar-refractivity contribution in [2.75, 3.05) is 44.2 Å². The molecule has 12 heteroatoms. The molecule has 0 spiro atoms. The number of nitrogens with zero attached hydrogens (tertiary/aromatic N) is 3. The molecule has 4 rings (SSSR count). The van der Waals surface area contributed by atoms with Crippen molar-refractivity contribution in [1.82, 2.24) is 9.80 Å². The van der Waals surface area contributed by atoms with Gasteiger partial charge in [-0.1, -0.05) is 18.2 Å². The highest BCUT2D eigenvalue weighted by Crippen LogP contribution is 2.37. The number of amides is 3. The average molecular weight is 639 g/mol. The lowest BCUT2D eigenvalue weighted by Crippen LogP contribution is -2.51. The number of para-hydroxylation sites is 1. The highest BCUT2D eigenvalue weighted by Gasteiger charge is 2.37. The van der Waals surface area contributed by atoms with Crippen molar-refractivity contribution in [2.45, 2.75) is 0 Å². The van der Waals surface area contributed by atoms with Crippen LogP contribution in [0.2, 0.25) is 0 Å². The van der Waals surface area contributed by atoms with E-state index in [9.17, 15) is 19.2 Å². The van der Waals surface area contributed by atoms with Gasteiger partial charge in [0.15, 0.2) is 6.61 Å². The van der Waals surface area contributed by atoms with Crippen LogP contribution in [0.5, 0.6) is 5.75 Å². The Hall–Kier alpha value is -2.83. The van der Waals surface area contributed by atoms with Crippen LogP contribution in [-0.4, -0.2) is 77.3 Å². The Morgan fingerprint density at radius 3 is 2.28 bits per heavy atom. The summed E-state index contributed by atoms with van der Waals surface area (Å²) in [6.45, 7) is 1.56. The van der Waals surface area contributed by atoms with Gasteiger partial charge in [0.25, 0.3) is 11.1 Å². The third-order valence-electron chi connectivity index (χ3n) is 5.58. The number of anilines is 1. The predicted octanol–water partition coefficient (Wildman–Crippen LogP) is 4.06. The lowest BCUT2D eigenvalue weighted by atomic mass is 10.2. The number of ether oxygens (including phenoxy) is 1. The fourth-order valence-corrected chi connectivity index (χ4v) is 6.10. The van der Waals surface area contributed by atoms with Crippen LogP contribution >= 0.6 is 43.6 Å². The van der Waals surface area contributed by atoms with Gasteiger partial charge < -0.3 is 19.6 Å². The van der Waals surface area contributed by atoms with Gasteiger partial charge >= 0.3 is 5.97 Å². The van der Waals surface area contributed by atoms with Crippen molar-refractivity contribution in [2.24, 2.45) is 0 Å². The summed E-state index contributed by atoms with van der Waals surface area (Å²) in [5, 5.41) is 8.32. The third kappa shape index (κ3) is 6.11. The zero-order valence-corrected chi connectivity index (χ0v) is 22.8. The first-order chi connectivity index (χ1) is 17.2. The molecule has 0 aliphatic carbocycles. The Bertz CT molecular complexity index is 1210. The molecule has 2 aromatic rings. The number of aliphatic carboxylic acids is 1. The van der Waals surface area contributed by atoms with Gasteiger partial charge in [0, 0.05) is 31.9 Å². The molecule has 2 saturated heterocycles. The summed E-state index contributed by atoms with van der Waals surface area (Å²) < 4.78 is 6.21. The number of benzene rings is 2. The van der Waals surface area contributed by atoms with Gasteiger partial charge in [-0.25, -0.2) is 4.79 Å². The summed E-state index contributed by atoms with van der Waals surface area (Å²) in [5.41, 5.74) is 1.69. The number of hydrogen-bond acceptors (Lipinski definition) is 7. The second-order valence-corrected chi connectivity index (χ2v) is 10.7. The molecule has 2 fully saturated rings. The first-order valence-electron chi connectivity index (χ1n) is 10.9. The highest BCUT2D eigenvalue weighted by atomic mass is 79.9. The van der Waals surface area contributed by atoms with Gasteiger partial charge in [-0.15, -0.1) is 0 Å². The lowest BCUT2D eigenvalue weighted by molar-refractivity contribution is -0.139.